The van der Waals surface area contributed by atoms with E-state index in [1.165, 1.54) is 0 Å². The number of nitrogens with one attached hydrogen (secondary N) is 2. The van der Waals surface area contributed by atoms with Gasteiger partial charge in [0.2, 0.25) is 11.8 Å². The van der Waals surface area contributed by atoms with E-state index in [1.807, 2.05) is 30.3 Å². The number of piperidine rings is 1. The van der Waals surface area contributed by atoms with Crippen LogP contribution >= 0.6 is 0 Å². The molecule has 2 atom stereocenters. The van der Waals surface area contributed by atoms with Crippen molar-refractivity contribution in [3.63, 3.8) is 0 Å². The topological polar surface area (TPSA) is 58.2 Å². The Morgan fingerprint density at radius 1 is 1.22 bits per heavy atom. The highest BCUT2D eigenvalue weighted by molar-refractivity contribution is 6.09. The lowest BCUT2D eigenvalue weighted by Crippen LogP contribution is -2.53. The van der Waals surface area contributed by atoms with E-state index in [1.54, 1.807) is 0 Å². The predicted molar refractivity (Wildman–Crippen MR) is 66.8 cm³/mol. The lowest BCUT2D eigenvalue weighted by molar-refractivity contribution is -0.129. The van der Waals surface area contributed by atoms with Gasteiger partial charge in [0.15, 0.2) is 0 Å². The van der Waals surface area contributed by atoms with Gasteiger partial charge in [-0.1, -0.05) is 30.3 Å². The minimum atomic E-state index is -0.587. The maximum Gasteiger partial charge on any atom is 0.244 e. The summed E-state index contributed by atoms with van der Waals surface area (Å²) in [7, 11) is 0. The van der Waals surface area contributed by atoms with Crippen molar-refractivity contribution in [2.45, 2.75) is 25.3 Å². The number of carbonyl (C=O) groups is 2. The fourth-order valence-electron chi connectivity index (χ4n) is 3.12. The van der Waals surface area contributed by atoms with E-state index >= 15 is 0 Å². The van der Waals surface area contributed by atoms with Gasteiger partial charge in [0, 0.05) is 0 Å². The van der Waals surface area contributed by atoms with Crippen molar-refractivity contribution >= 4 is 11.8 Å². The lowest BCUT2D eigenvalue weighted by Gasteiger charge is -2.36. The van der Waals surface area contributed by atoms with Gasteiger partial charge in [-0.15, -0.1) is 0 Å². The minimum absolute atomic E-state index is 0.117. The van der Waals surface area contributed by atoms with Crippen LogP contribution in [0.1, 0.15) is 18.4 Å². The van der Waals surface area contributed by atoms with Crippen molar-refractivity contribution < 1.29 is 9.59 Å². The van der Waals surface area contributed by atoms with Crippen LogP contribution < -0.4 is 10.6 Å². The Labute approximate surface area is 106 Å². The van der Waals surface area contributed by atoms with Crippen LogP contribution in [-0.4, -0.2) is 24.4 Å². The van der Waals surface area contributed by atoms with Gasteiger partial charge in [0.1, 0.15) is 6.04 Å². The molecule has 2 saturated heterocycles. The average Bonchev–Trinajstić information content (AvgIpc) is 2.63. The molecule has 0 radical (unpaired) electrons. The molecule has 1 aromatic rings. The summed E-state index contributed by atoms with van der Waals surface area (Å²) in [4.78, 5) is 24.0. The highest BCUT2D eigenvalue weighted by atomic mass is 16.2. The summed E-state index contributed by atoms with van der Waals surface area (Å²) in [6, 6.07) is 9.54. The number of hydrogen-bond donors (Lipinski definition) is 2. The van der Waals surface area contributed by atoms with Gasteiger partial charge in [0.05, 0.1) is 5.41 Å². The summed E-state index contributed by atoms with van der Waals surface area (Å²) in [5.41, 5.74) is 0.521. The average molecular weight is 244 g/mol. The summed E-state index contributed by atoms with van der Waals surface area (Å²) >= 11 is 0. The second-order valence-corrected chi connectivity index (χ2v) is 5.13. The van der Waals surface area contributed by atoms with E-state index < -0.39 is 5.41 Å². The number of amides is 2. The Morgan fingerprint density at radius 2 is 2.00 bits per heavy atom. The molecule has 0 unspecified atom stereocenters. The smallest absolute Gasteiger partial charge is 0.244 e. The molecule has 2 amide bonds. The van der Waals surface area contributed by atoms with E-state index in [2.05, 4.69) is 10.6 Å². The predicted octanol–water partition coefficient (Wildman–Crippen LogP) is 0.624. The van der Waals surface area contributed by atoms with Gasteiger partial charge in [0.25, 0.3) is 0 Å². The highest BCUT2D eigenvalue weighted by Gasteiger charge is 2.55. The number of fused-ring (bicyclic) bond motifs is 1. The highest BCUT2D eigenvalue weighted by Crippen LogP contribution is 2.39. The van der Waals surface area contributed by atoms with E-state index in [9.17, 15) is 9.59 Å². The van der Waals surface area contributed by atoms with Crippen LogP contribution in [0, 0.1) is 5.41 Å². The molecule has 2 fully saturated rings. The van der Waals surface area contributed by atoms with Crippen LogP contribution in [-0.2, 0) is 16.0 Å². The fourth-order valence-corrected chi connectivity index (χ4v) is 3.12. The van der Waals surface area contributed by atoms with Crippen molar-refractivity contribution in [3.8, 4) is 0 Å². The Hall–Kier alpha value is -1.68. The Morgan fingerprint density at radius 3 is 2.78 bits per heavy atom. The maximum atomic E-state index is 12.2. The molecule has 2 heterocycles. The number of imide groups is 1. The monoisotopic (exact) mass is 244 g/mol. The van der Waals surface area contributed by atoms with E-state index in [-0.39, 0.29) is 17.9 Å². The second-order valence-electron chi connectivity index (χ2n) is 5.13. The first-order valence-corrected chi connectivity index (χ1v) is 6.35. The van der Waals surface area contributed by atoms with E-state index in [4.69, 9.17) is 0 Å². The number of rotatable bonds is 2. The summed E-state index contributed by atoms with van der Waals surface area (Å²) in [5, 5.41) is 5.67. The summed E-state index contributed by atoms with van der Waals surface area (Å²) in [6.07, 6.45) is 2.34. The van der Waals surface area contributed by atoms with Crippen molar-refractivity contribution in [2.75, 3.05) is 6.54 Å². The van der Waals surface area contributed by atoms with Crippen molar-refractivity contribution in [1.29, 1.82) is 0 Å². The number of hydrogen-bond acceptors (Lipinski definition) is 3. The Kier molecular flexibility index (Phi) is 2.67. The molecule has 4 nitrogen and oxygen atoms in total. The molecule has 0 aromatic heterocycles. The molecule has 3 rings (SSSR count). The van der Waals surface area contributed by atoms with Gasteiger partial charge in [-0.2, -0.15) is 0 Å². The molecule has 94 valence electrons. The van der Waals surface area contributed by atoms with Gasteiger partial charge >= 0.3 is 0 Å². The van der Waals surface area contributed by atoms with Gasteiger partial charge in [-0.05, 0) is 31.4 Å². The molecule has 2 aliphatic rings. The second kappa shape index (κ2) is 4.21. The quantitative estimate of drug-likeness (QED) is 0.750. The lowest BCUT2D eigenvalue weighted by atomic mass is 9.71. The van der Waals surface area contributed by atoms with Crippen molar-refractivity contribution in [3.05, 3.63) is 35.9 Å². The molecule has 2 N–H and O–H groups in total. The molecule has 2 aliphatic heterocycles. The number of benzene rings is 1. The Balaban J connectivity index is 1.95. The molecule has 0 bridgehead atoms. The minimum Gasteiger partial charge on any atom is -0.305 e. The fraction of sp³-hybridized carbons (Fsp3) is 0.429. The third-order valence-corrected chi connectivity index (χ3v) is 4.01. The van der Waals surface area contributed by atoms with Crippen molar-refractivity contribution in [1.82, 2.24) is 10.6 Å². The zero-order valence-corrected chi connectivity index (χ0v) is 10.1. The molecular formula is C14H16N2O2. The van der Waals surface area contributed by atoms with Gasteiger partial charge in [-0.25, -0.2) is 0 Å². The third kappa shape index (κ3) is 1.64. The van der Waals surface area contributed by atoms with Crippen LogP contribution in [0.2, 0.25) is 0 Å². The van der Waals surface area contributed by atoms with Crippen molar-refractivity contribution in [2.24, 2.45) is 5.41 Å². The number of carbonyl (C=O) groups excluding carboxylic acids is 2. The first kappa shape index (κ1) is 11.4. The molecule has 18 heavy (non-hydrogen) atoms. The first-order valence-electron chi connectivity index (χ1n) is 6.35. The summed E-state index contributed by atoms with van der Waals surface area (Å²) in [6.45, 7) is 0.807. The van der Waals surface area contributed by atoms with Gasteiger partial charge in [-0.3, -0.25) is 14.9 Å². The molecule has 0 saturated carbocycles. The summed E-state index contributed by atoms with van der Waals surface area (Å²) in [5.74, 6) is -0.288. The molecular weight excluding hydrogens is 228 g/mol. The Bertz CT molecular complexity index is 486. The third-order valence-electron chi connectivity index (χ3n) is 4.01. The first-order chi connectivity index (χ1) is 8.72. The van der Waals surface area contributed by atoms with Crippen LogP contribution in [0.4, 0.5) is 0 Å². The standard InChI is InChI=1S/C14H16N2O2/c17-12-11-14(13(18)16-12,7-4-8-15-11)9-10-5-2-1-3-6-10/h1-3,5-6,11,15H,4,7-9H2,(H,16,17,18)/t11-,14+/m1/s1. The van der Waals surface area contributed by atoms with Crippen LogP contribution in [0.5, 0.6) is 0 Å². The van der Waals surface area contributed by atoms with Crippen LogP contribution in [0.3, 0.4) is 0 Å². The normalized spacial score (nSPS) is 31.0. The van der Waals surface area contributed by atoms with E-state index in [0.717, 1.165) is 24.9 Å². The SMILES string of the molecule is O=C1NC(=O)[C@]2(Cc3ccccc3)CCCN[C@H]12. The molecule has 4 heteroatoms. The van der Waals surface area contributed by atoms with Crippen LogP contribution in [0.15, 0.2) is 30.3 Å². The molecule has 1 aromatic carbocycles. The largest absolute Gasteiger partial charge is 0.305 e. The zero-order valence-electron chi connectivity index (χ0n) is 10.1. The van der Waals surface area contributed by atoms with E-state index in [0.29, 0.717) is 6.42 Å². The molecule has 0 spiro atoms. The maximum absolute atomic E-state index is 12.2. The molecule has 0 aliphatic carbocycles. The van der Waals surface area contributed by atoms with Crippen LogP contribution in [0.25, 0.3) is 0 Å². The zero-order chi connectivity index (χ0) is 12.6. The van der Waals surface area contributed by atoms with Gasteiger partial charge < -0.3 is 5.32 Å². The summed E-state index contributed by atoms with van der Waals surface area (Å²) < 4.78 is 0.